The topological polar surface area (TPSA) is 59.0 Å². The molecule has 1 aromatic rings. The normalized spacial score (nSPS) is 16.4. The molecule has 1 aromatic heterocycles. The number of carbonyl (C=O) groups excluding carboxylic acids is 1. The van der Waals surface area contributed by atoms with Gasteiger partial charge in [-0.3, -0.25) is 9.48 Å². The second kappa shape index (κ2) is 6.19. The van der Waals surface area contributed by atoms with Crippen LogP contribution in [0.1, 0.15) is 49.9 Å². The zero-order valence-corrected chi connectivity index (χ0v) is 12.1. The van der Waals surface area contributed by atoms with Crippen LogP contribution in [0.25, 0.3) is 0 Å². The highest BCUT2D eigenvalue weighted by molar-refractivity contribution is 5.76. The quantitative estimate of drug-likeness (QED) is 0.733. The maximum atomic E-state index is 11.5. The number of carbonyl (C=O) groups is 1. The Kier molecular flexibility index (Phi) is 4.58. The van der Waals surface area contributed by atoms with E-state index < -0.39 is 0 Å². The van der Waals surface area contributed by atoms with E-state index in [4.69, 9.17) is 0 Å². The van der Waals surface area contributed by atoms with Crippen molar-refractivity contribution in [3.05, 3.63) is 17.5 Å². The number of hydrogen-bond donors (Lipinski definition) is 2. The Balaban J connectivity index is 1.64. The molecule has 1 heterocycles. The number of rotatable bonds is 7. The number of amides is 1. The van der Waals surface area contributed by atoms with E-state index in [1.165, 1.54) is 5.56 Å². The van der Waals surface area contributed by atoms with Crippen molar-refractivity contribution in [2.45, 2.75) is 51.6 Å². The molecule has 0 spiro atoms. The molecular weight excluding hydrogens is 240 g/mol. The average Bonchev–Trinajstić information content (AvgIpc) is 3.08. The zero-order chi connectivity index (χ0) is 13.8. The van der Waals surface area contributed by atoms with Crippen molar-refractivity contribution in [2.24, 2.45) is 7.05 Å². The van der Waals surface area contributed by atoms with Gasteiger partial charge in [0.05, 0.1) is 5.69 Å². The fourth-order valence-electron chi connectivity index (χ4n) is 2.25. The molecule has 5 heteroatoms. The lowest BCUT2D eigenvalue weighted by Gasteiger charge is -2.12. The van der Waals surface area contributed by atoms with Gasteiger partial charge in [-0.25, -0.2) is 0 Å². The Hall–Kier alpha value is -1.36. The number of aryl methyl sites for hydroxylation is 2. The summed E-state index contributed by atoms with van der Waals surface area (Å²) in [6.45, 7) is 5.01. The van der Waals surface area contributed by atoms with Crippen LogP contribution in [0.4, 0.5) is 0 Å². The van der Waals surface area contributed by atoms with Crippen molar-refractivity contribution >= 4 is 5.91 Å². The third-order valence-electron chi connectivity index (χ3n) is 3.49. The molecule has 106 valence electrons. The molecule has 1 atom stereocenters. The highest BCUT2D eigenvalue weighted by Gasteiger charge is 2.22. The summed E-state index contributed by atoms with van der Waals surface area (Å²) in [7, 11) is 1.94. The van der Waals surface area contributed by atoms with E-state index >= 15 is 0 Å². The van der Waals surface area contributed by atoms with Gasteiger partial charge in [-0.2, -0.15) is 5.10 Å². The van der Waals surface area contributed by atoms with Crippen LogP contribution >= 0.6 is 0 Å². The second-order valence-corrected chi connectivity index (χ2v) is 5.46. The summed E-state index contributed by atoms with van der Waals surface area (Å²) >= 11 is 0. The maximum absolute atomic E-state index is 11.5. The van der Waals surface area contributed by atoms with Crippen LogP contribution in [-0.2, 0) is 11.8 Å². The van der Waals surface area contributed by atoms with E-state index in [0.717, 1.165) is 31.5 Å². The van der Waals surface area contributed by atoms with Crippen molar-refractivity contribution in [1.82, 2.24) is 20.4 Å². The van der Waals surface area contributed by atoms with Crippen LogP contribution < -0.4 is 10.6 Å². The van der Waals surface area contributed by atoms with Crippen LogP contribution in [0, 0.1) is 6.92 Å². The molecule has 1 fully saturated rings. The van der Waals surface area contributed by atoms with Crippen LogP contribution in [0.2, 0.25) is 0 Å². The lowest BCUT2D eigenvalue weighted by Crippen LogP contribution is -2.27. The molecular formula is C14H24N4O. The number of nitrogens with zero attached hydrogens (tertiary/aromatic N) is 2. The lowest BCUT2D eigenvalue weighted by molar-refractivity contribution is -0.121. The molecule has 0 bridgehead atoms. The molecule has 2 rings (SSSR count). The van der Waals surface area contributed by atoms with Crippen molar-refractivity contribution in [2.75, 3.05) is 6.54 Å². The lowest BCUT2D eigenvalue weighted by atomic mass is 10.1. The van der Waals surface area contributed by atoms with Gasteiger partial charge in [0.1, 0.15) is 0 Å². The fraction of sp³-hybridized carbons (Fsp3) is 0.714. The second-order valence-electron chi connectivity index (χ2n) is 5.46. The molecule has 1 unspecified atom stereocenters. The Morgan fingerprint density at radius 1 is 1.58 bits per heavy atom. The Labute approximate surface area is 114 Å². The first-order chi connectivity index (χ1) is 9.06. The predicted molar refractivity (Wildman–Crippen MR) is 74.8 cm³/mol. The van der Waals surface area contributed by atoms with Crippen molar-refractivity contribution < 1.29 is 4.79 Å². The summed E-state index contributed by atoms with van der Waals surface area (Å²) in [6.07, 6.45) is 5.85. The van der Waals surface area contributed by atoms with E-state index in [9.17, 15) is 4.79 Å². The molecule has 5 nitrogen and oxygen atoms in total. The SMILES string of the molecule is Cc1nn(C)cc1C(C)NCCCC(=O)NC1CC1. The molecule has 1 aliphatic rings. The summed E-state index contributed by atoms with van der Waals surface area (Å²) in [4.78, 5) is 11.5. The first-order valence-electron chi connectivity index (χ1n) is 7.09. The van der Waals surface area contributed by atoms with Gasteiger partial charge in [0.2, 0.25) is 5.91 Å². The monoisotopic (exact) mass is 264 g/mol. The molecule has 1 aliphatic carbocycles. The van der Waals surface area contributed by atoms with Crippen molar-refractivity contribution in [1.29, 1.82) is 0 Å². The minimum absolute atomic E-state index is 0.189. The van der Waals surface area contributed by atoms with E-state index in [2.05, 4.69) is 22.7 Å². The smallest absolute Gasteiger partial charge is 0.220 e. The Bertz CT molecular complexity index is 437. The standard InChI is InChI=1S/C14H24N4O/c1-10(13-9-18(3)17-11(13)2)15-8-4-5-14(19)16-12-6-7-12/h9-10,12,15H,4-8H2,1-3H3,(H,16,19). The van der Waals surface area contributed by atoms with Gasteiger partial charge in [-0.05, 0) is 39.7 Å². The van der Waals surface area contributed by atoms with Gasteiger partial charge in [0, 0.05) is 37.3 Å². The van der Waals surface area contributed by atoms with Crippen LogP contribution in [-0.4, -0.2) is 28.3 Å². The van der Waals surface area contributed by atoms with Crippen LogP contribution in [0.3, 0.4) is 0 Å². The van der Waals surface area contributed by atoms with Crippen molar-refractivity contribution in [3.8, 4) is 0 Å². The van der Waals surface area contributed by atoms with E-state index in [-0.39, 0.29) is 11.9 Å². The Morgan fingerprint density at radius 3 is 2.89 bits per heavy atom. The first-order valence-corrected chi connectivity index (χ1v) is 7.09. The van der Waals surface area contributed by atoms with Gasteiger partial charge in [0.25, 0.3) is 0 Å². The van der Waals surface area contributed by atoms with Gasteiger partial charge in [-0.15, -0.1) is 0 Å². The molecule has 19 heavy (non-hydrogen) atoms. The van der Waals surface area contributed by atoms with Gasteiger partial charge in [-0.1, -0.05) is 0 Å². The van der Waals surface area contributed by atoms with E-state index in [0.29, 0.717) is 12.5 Å². The van der Waals surface area contributed by atoms with E-state index in [1.807, 2.05) is 24.9 Å². The summed E-state index contributed by atoms with van der Waals surface area (Å²) in [5, 5.41) is 10.8. The summed E-state index contributed by atoms with van der Waals surface area (Å²) in [5.41, 5.74) is 2.29. The summed E-state index contributed by atoms with van der Waals surface area (Å²) in [6, 6.07) is 0.748. The van der Waals surface area contributed by atoms with Gasteiger partial charge in [0.15, 0.2) is 0 Å². The Morgan fingerprint density at radius 2 is 2.32 bits per heavy atom. The summed E-state index contributed by atoms with van der Waals surface area (Å²) in [5.74, 6) is 0.189. The zero-order valence-electron chi connectivity index (χ0n) is 12.1. The third-order valence-corrected chi connectivity index (χ3v) is 3.49. The molecule has 0 saturated heterocycles. The average molecular weight is 264 g/mol. The number of hydrogen-bond acceptors (Lipinski definition) is 3. The number of nitrogens with one attached hydrogen (secondary N) is 2. The maximum Gasteiger partial charge on any atom is 0.220 e. The minimum atomic E-state index is 0.189. The highest BCUT2D eigenvalue weighted by Crippen LogP contribution is 2.18. The summed E-state index contributed by atoms with van der Waals surface area (Å²) < 4.78 is 1.84. The fourth-order valence-corrected chi connectivity index (χ4v) is 2.25. The molecule has 0 aliphatic heterocycles. The van der Waals surface area contributed by atoms with Gasteiger partial charge < -0.3 is 10.6 Å². The van der Waals surface area contributed by atoms with E-state index in [1.54, 1.807) is 0 Å². The first kappa shape index (κ1) is 14.1. The van der Waals surface area contributed by atoms with Gasteiger partial charge >= 0.3 is 0 Å². The van der Waals surface area contributed by atoms with Crippen molar-refractivity contribution in [3.63, 3.8) is 0 Å². The third kappa shape index (κ3) is 4.35. The number of aromatic nitrogens is 2. The molecule has 0 radical (unpaired) electrons. The predicted octanol–water partition coefficient (Wildman–Crippen LogP) is 1.44. The molecule has 0 aromatic carbocycles. The van der Waals surface area contributed by atoms with Crippen LogP contribution in [0.15, 0.2) is 6.20 Å². The largest absolute Gasteiger partial charge is 0.353 e. The minimum Gasteiger partial charge on any atom is -0.353 e. The molecule has 1 amide bonds. The highest BCUT2D eigenvalue weighted by atomic mass is 16.1. The molecule has 2 N–H and O–H groups in total. The molecule has 1 saturated carbocycles. The van der Waals surface area contributed by atoms with Crippen LogP contribution in [0.5, 0.6) is 0 Å².